The summed E-state index contributed by atoms with van der Waals surface area (Å²) in [6.07, 6.45) is 5.41. The first kappa shape index (κ1) is 17.4. The number of nitrogens with zero attached hydrogens (tertiary/aromatic N) is 2. The van der Waals surface area contributed by atoms with E-state index in [1.807, 2.05) is 0 Å². The van der Waals surface area contributed by atoms with Crippen LogP contribution in [0.5, 0.6) is 0 Å². The Morgan fingerprint density at radius 3 is 2.79 bits per heavy atom. The van der Waals surface area contributed by atoms with E-state index in [9.17, 15) is 9.18 Å². The summed E-state index contributed by atoms with van der Waals surface area (Å²) in [5.74, 6) is 1.68. The number of aryl methyl sites for hydroxylation is 1. The number of terminal acetylenes is 1. The lowest BCUT2D eigenvalue weighted by Gasteiger charge is -2.09. The lowest BCUT2D eigenvalue weighted by molar-refractivity contribution is 0.102. The van der Waals surface area contributed by atoms with Crippen LogP contribution in [0.3, 0.4) is 0 Å². The summed E-state index contributed by atoms with van der Waals surface area (Å²) in [6.45, 7) is 1.71. The molecule has 0 fully saturated rings. The van der Waals surface area contributed by atoms with Gasteiger partial charge in [-0.25, -0.2) is 9.37 Å². The van der Waals surface area contributed by atoms with Crippen molar-refractivity contribution >= 4 is 22.7 Å². The van der Waals surface area contributed by atoms with E-state index >= 15 is 0 Å². The van der Waals surface area contributed by atoms with Crippen LogP contribution in [0.15, 0.2) is 59.1 Å². The Labute approximate surface area is 160 Å². The maximum atomic E-state index is 14.2. The third kappa shape index (κ3) is 3.10. The number of nitrogens with one attached hydrogen (secondary N) is 1. The highest BCUT2D eigenvalue weighted by molar-refractivity contribution is 6.13. The van der Waals surface area contributed by atoms with Crippen LogP contribution in [0.2, 0.25) is 0 Å². The van der Waals surface area contributed by atoms with E-state index in [4.69, 9.17) is 10.9 Å². The van der Waals surface area contributed by atoms with Crippen LogP contribution in [-0.4, -0.2) is 16.0 Å². The molecule has 0 aliphatic heterocycles. The molecule has 5 nitrogen and oxygen atoms in total. The molecular weight excluding hydrogens is 357 g/mol. The molecule has 0 bridgehead atoms. The van der Waals surface area contributed by atoms with E-state index in [2.05, 4.69) is 21.4 Å². The standard InChI is InChI=1S/C22H14FN3O2/c1-3-14-7-6-8-15(11-14)24-21(27)17-12-19(16-9-4-5-10-18(16)23)25-22-20(17)13(2)26-28-22/h1,4-12H,2H3,(H,24,27). The van der Waals surface area contributed by atoms with Gasteiger partial charge in [0.05, 0.1) is 22.3 Å². The van der Waals surface area contributed by atoms with E-state index in [0.717, 1.165) is 0 Å². The van der Waals surface area contributed by atoms with Gasteiger partial charge in [0, 0.05) is 16.8 Å². The van der Waals surface area contributed by atoms with E-state index in [-0.39, 0.29) is 22.5 Å². The molecular formula is C22H14FN3O2. The average Bonchev–Trinajstić information content (AvgIpc) is 3.08. The van der Waals surface area contributed by atoms with Crippen molar-refractivity contribution in [1.29, 1.82) is 0 Å². The molecule has 0 saturated carbocycles. The first-order valence-corrected chi connectivity index (χ1v) is 8.47. The fraction of sp³-hybridized carbons (Fsp3) is 0.0455. The number of halogens is 1. The Morgan fingerprint density at radius 1 is 1.18 bits per heavy atom. The maximum absolute atomic E-state index is 14.2. The second-order valence-electron chi connectivity index (χ2n) is 6.16. The summed E-state index contributed by atoms with van der Waals surface area (Å²) in [5, 5.41) is 7.18. The molecule has 0 atom stereocenters. The SMILES string of the molecule is C#Cc1cccc(NC(=O)c2cc(-c3ccccc3F)nc3onc(C)c23)c1. The molecule has 4 aromatic rings. The van der Waals surface area contributed by atoms with Crippen LogP contribution in [0.1, 0.15) is 21.6 Å². The molecule has 0 aliphatic carbocycles. The lowest BCUT2D eigenvalue weighted by atomic mass is 10.0. The van der Waals surface area contributed by atoms with Crippen molar-refractivity contribution in [1.82, 2.24) is 10.1 Å². The molecule has 6 heteroatoms. The van der Waals surface area contributed by atoms with Crippen LogP contribution in [0, 0.1) is 25.1 Å². The number of rotatable bonds is 3. The number of hydrogen-bond donors (Lipinski definition) is 1. The molecule has 2 heterocycles. The van der Waals surface area contributed by atoms with Gasteiger partial charge in [-0.2, -0.15) is 0 Å². The minimum absolute atomic E-state index is 0.167. The number of hydrogen-bond acceptors (Lipinski definition) is 4. The van der Waals surface area contributed by atoms with Gasteiger partial charge >= 0.3 is 0 Å². The molecule has 0 unspecified atom stereocenters. The molecule has 28 heavy (non-hydrogen) atoms. The number of carbonyl (C=O) groups excluding carboxylic acids is 1. The van der Waals surface area contributed by atoms with Crippen molar-refractivity contribution in [3.8, 4) is 23.6 Å². The van der Waals surface area contributed by atoms with Gasteiger partial charge in [-0.1, -0.05) is 29.3 Å². The third-order valence-corrected chi connectivity index (χ3v) is 4.30. The first-order chi connectivity index (χ1) is 13.6. The highest BCUT2D eigenvalue weighted by Crippen LogP contribution is 2.29. The molecule has 0 radical (unpaired) electrons. The monoisotopic (exact) mass is 371 g/mol. The van der Waals surface area contributed by atoms with Crippen molar-refractivity contribution in [2.24, 2.45) is 0 Å². The Kier molecular flexibility index (Phi) is 4.34. The smallest absolute Gasteiger partial charge is 0.259 e. The first-order valence-electron chi connectivity index (χ1n) is 8.47. The third-order valence-electron chi connectivity index (χ3n) is 4.30. The van der Waals surface area contributed by atoms with Crippen LogP contribution in [0.4, 0.5) is 10.1 Å². The summed E-state index contributed by atoms with van der Waals surface area (Å²) >= 11 is 0. The Morgan fingerprint density at radius 2 is 2.00 bits per heavy atom. The van der Waals surface area contributed by atoms with Crippen molar-refractivity contribution in [2.45, 2.75) is 6.92 Å². The second kappa shape index (κ2) is 6.97. The zero-order valence-corrected chi connectivity index (χ0v) is 14.9. The molecule has 1 N–H and O–H groups in total. The zero-order valence-electron chi connectivity index (χ0n) is 14.9. The van der Waals surface area contributed by atoms with Gasteiger partial charge < -0.3 is 9.84 Å². The quantitative estimate of drug-likeness (QED) is 0.536. The van der Waals surface area contributed by atoms with Crippen LogP contribution >= 0.6 is 0 Å². The number of pyridine rings is 1. The fourth-order valence-corrected chi connectivity index (χ4v) is 2.97. The number of fused-ring (bicyclic) bond motifs is 1. The minimum Gasteiger partial charge on any atom is -0.335 e. The van der Waals surface area contributed by atoms with E-state index in [0.29, 0.717) is 22.3 Å². The molecule has 0 spiro atoms. The topological polar surface area (TPSA) is 68.0 Å². The summed E-state index contributed by atoms with van der Waals surface area (Å²) in [5.41, 5.74) is 2.71. The van der Waals surface area contributed by atoms with Gasteiger partial charge in [0.25, 0.3) is 11.6 Å². The summed E-state index contributed by atoms with van der Waals surface area (Å²) < 4.78 is 19.5. The fourth-order valence-electron chi connectivity index (χ4n) is 2.97. The predicted octanol–water partition coefficient (Wildman–Crippen LogP) is 4.57. The number of carbonyl (C=O) groups is 1. The summed E-state index contributed by atoms with van der Waals surface area (Å²) in [7, 11) is 0. The molecule has 2 aromatic heterocycles. The van der Waals surface area contributed by atoms with Crippen molar-refractivity contribution in [3.05, 3.63) is 77.2 Å². The van der Waals surface area contributed by atoms with E-state index in [1.54, 1.807) is 49.4 Å². The summed E-state index contributed by atoms with van der Waals surface area (Å²) in [6, 6.07) is 14.7. The van der Waals surface area contributed by atoms with Crippen LogP contribution < -0.4 is 5.32 Å². The highest BCUT2D eigenvalue weighted by atomic mass is 19.1. The minimum atomic E-state index is -0.446. The highest BCUT2D eigenvalue weighted by Gasteiger charge is 2.20. The average molecular weight is 371 g/mol. The summed E-state index contributed by atoms with van der Waals surface area (Å²) in [4.78, 5) is 17.3. The molecule has 4 rings (SSSR count). The Hall–Kier alpha value is -3.98. The molecule has 2 aromatic carbocycles. The van der Waals surface area contributed by atoms with E-state index < -0.39 is 11.7 Å². The Bertz CT molecular complexity index is 1250. The lowest BCUT2D eigenvalue weighted by Crippen LogP contribution is -2.13. The number of amides is 1. The van der Waals surface area contributed by atoms with Crippen molar-refractivity contribution in [3.63, 3.8) is 0 Å². The predicted molar refractivity (Wildman–Crippen MR) is 104 cm³/mol. The van der Waals surface area contributed by atoms with Gasteiger partial charge in [-0.05, 0) is 43.3 Å². The van der Waals surface area contributed by atoms with Crippen molar-refractivity contribution < 1.29 is 13.7 Å². The molecule has 136 valence electrons. The second-order valence-corrected chi connectivity index (χ2v) is 6.16. The van der Waals surface area contributed by atoms with Crippen LogP contribution in [-0.2, 0) is 0 Å². The number of anilines is 1. The molecule has 0 aliphatic rings. The number of benzene rings is 2. The molecule has 0 saturated heterocycles. The van der Waals surface area contributed by atoms with Gasteiger partial charge in [0.2, 0.25) is 0 Å². The van der Waals surface area contributed by atoms with Gasteiger partial charge in [0.1, 0.15) is 5.82 Å². The van der Waals surface area contributed by atoms with Gasteiger partial charge in [-0.3, -0.25) is 4.79 Å². The zero-order chi connectivity index (χ0) is 19.7. The van der Waals surface area contributed by atoms with E-state index in [1.165, 1.54) is 12.1 Å². The largest absolute Gasteiger partial charge is 0.335 e. The normalized spacial score (nSPS) is 10.6. The van der Waals surface area contributed by atoms with Crippen molar-refractivity contribution in [2.75, 3.05) is 5.32 Å². The maximum Gasteiger partial charge on any atom is 0.259 e. The molecule has 1 amide bonds. The van der Waals surface area contributed by atoms with Crippen LogP contribution in [0.25, 0.3) is 22.4 Å². The Balaban J connectivity index is 1.83. The van der Waals surface area contributed by atoms with Gasteiger partial charge in [0.15, 0.2) is 0 Å². The van der Waals surface area contributed by atoms with Gasteiger partial charge in [-0.15, -0.1) is 6.42 Å². The number of aromatic nitrogens is 2.